The molecule has 0 saturated carbocycles. The molecular formula is C82H139NO8. The fraction of sp³-hybridized carbons (Fsp3) is 0.695. The van der Waals surface area contributed by atoms with Crippen LogP contribution in [0.5, 0.6) is 0 Å². The number of quaternary nitrogens is 1. The lowest BCUT2D eigenvalue weighted by molar-refractivity contribution is -0.870. The Balaban J connectivity index is 4.13. The molecule has 9 heteroatoms. The molecule has 0 aliphatic carbocycles. The van der Waals surface area contributed by atoms with Crippen LogP contribution in [0.1, 0.15) is 309 Å². The minimum atomic E-state index is -1.63. The second kappa shape index (κ2) is 71.3. The van der Waals surface area contributed by atoms with Gasteiger partial charge in [-0.3, -0.25) is 9.59 Å². The highest BCUT2D eigenvalue weighted by molar-refractivity contribution is 5.70. The van der Waals surface area contributed by atoms with E-state index < -0.39 is 24.3 Å². The van der Waals surface area contributed by atoms with Gasteiger partial charge in [0.1, 0.15) is 13.2 Å². The van der Waals surface area contributed by atoms with Crippen molar-refractivity contribution in [1.29, 1.82) is 0 Å². The summed E-state index contributed by atoms with van der Waals surface area (Å²) < 4.78 is 22.8. The zero-order valence-electron chi connectivity index (χ0n) is 59.4. The first kappa shape index (κ1) is 86.4. The number of hydrogen-bond donors (Lipinski definition) is 0. The Kier molecular flexibility index (Phi) is 67.7. The van der Waals surface area contributed by atoms with E-state index in [1.807, 2.05) is 21.1 Å². The predicted octanol–water partition coefficient (Wildman–Crippen LogP) is 22.4. The Bertz CT molecular complexity index is 1960. The second-order valence-corrected chi connectivity index (χ2v) is 25.9. The molecule has 0 heterocycles. The van der Waals surface area contributed by atoms with Crippen LogP contribution in [0.25, 0.3) is 0 Å². The molecule has 0 rings (SSSR count). The van der Waals surface area contributed by atoms with E-state index >= 15 is 0 Å². The Hall–Kier alpha value is -4.57. The van der Waals surface area contributed by atoms with Gasteiger partial charge in [0.05, 0.1) is 40.3 Å². The monoisotopic (exact) mass is 1270 g/mol. The van der Waals surface area contributed by atoms with Gasteiger partial charge in [-0.25, -0.2) is 0 Å². The molecule has 0 aromatic rings. The van der Waals surface area contributed by atoms with Crippen LogP contribution in [0, 0.1) is 0 Å². The quantitative estimate of drug-likeness (QED) is 0.0195. The highest BCUT2D eigenvalue weighted by Crippen LogP contribution is 2.17. The molecule has 0 bridgehead atoms. The van der Waals surface area contributed by atoms with Crippen LogP contribution in [0.4, 0.5) is 0 Å². The van der Waals surface area contributed by atoms with Crippen molar-refractivity contribution in [3.8, 4) is 0 Å². The number of rotatable bonds is 68. The third kappa shape index (κ3) is 72.7. The number of ether oxygens (including phenoxy) is 4. The largest absolute Gasteiger partial charge is 0.545 e. The Labute approximate surface area is 560 Å². The molecule has 0 fully saturated rings. The Morgan fingerprint density at radius 3 is 0.934 bits per heavy atom. The van der Waals surface area contributed by atoms with Gasteiger partial charge < -0.3 is 33.3 Å². The summed E-state index contributed by atoms with van der Waals surface area (Å²) in [6.07, 6.45) is 99.7. The fourth-order valence-electron chi connectivity index (χ4n) is 10.2. The highest BCUT2D eigenvalue weighted by Gasteiger charge is 2.22. The number of carboxylic acid groups (broad SMARTS) is 1. The van der Waals surface area contributed by atoms with Crippen LogP contribution >= 0.6 is 0 Å². The maximum atomic E-state index is 13.0. The highest BCUT2D eigenvalue weighted by atomic mass is 16.7. The van der Waals surface area contributed by atoms with E-state index in [4.69, 9.17) is 18.9 Å². The molecule has 0 N–H and O–H groups in total. The molecule has 2 atom stereocenters. The predicted molar refractivity (Wildman–Crippen MR) is 389 cm³/mol. The maximum Gasteiger partial charge on any atom is 0.306 e. The number of nitrogens with zero attached hydrogens (tertiary/aromatic N) is 1. The lowest BCUT2D eigenvalue weighted by atomic mass is 10.0. The molecule has 91 heavy (non-hydrogen) atoms. The summed E-state index contributed by atoms with van der Waals surface area (Å²) in [6.45, 7) is 4.63. The van der Waals surface area contributed by atoms with E-state index in [1.165, 1.54) is 167 Å². The van der Waals surface area contributed by atoms with Crippen LogP contribution in [0.2, 0.25) is 0 Å². The molecule has 0 aromatic heterocycles. The molecule has 0 spiro atoms. The molecule has 520 valence electrons. The number of hydrogen-bond acceptors (Lipinski definition) is 8. The van der Waals surface area contributed by atoms with E-state index in [9.17, 15) is 19.5 Å². The fourth-order valence-corrected chi connectivity index (χ4v) is 10.2. The van der Waals surface area contributed by atoms with Crippen LogP contribution in [-0.2, 0) is 33.3 Å². The lowest BCUT2D eigenvalue weighted by Crippen LogP contribution is -2.44. The summed E-state index contributed by atoms with van der Waals surface area (Å²) >= 11 is 0. The molecule has 0 aliphatic heterocycles. The number of carbonyl (C=O) groups excluding carboxylic acids is 3. The van der Waals surface area contributed by atoms with Crippen molar-refractivity contribution in [1.82, 2.24) is 0 Å². The van der Waals surface area contributed by atoms with Crippen molar-refractivity contribution in [2.24, 2.45) is 0 Å². The molecule has 0 aliphatic rings. The summed E-state index contributed by atoms with van der Waals surface area (Å²) in [7, 11) is 5.93. The minimum absolute atomic E-state index is 0.141. The van der Waals surface area contributed by atoms with Gasteiger partial charge in [0.2, 0.25) is 0 Å². The normalized spacial score (nSPS) is 13.5. The zero-order chi connectivity index (χ0) is 66.1. The average molecular weight is 1270 g/mol. The number of aliphatic carboxylic acids is 1. The number of carboxylic acids is 1. The van der Waals surface area contributed by atoms with Crippen molar-refractivity contribution in [3.05, 3.63) is 134 Å². The second-order valence-electron chi connectivity index (χ2n) is 25.9. The number of allylic oxidation sites excluding steroid dienone is 22. The summed E-state index contributed by atoms with van der Waals surface area (Å²) in [5, 5.41) is 11.8. The number of esters is 2. The number of unbranched alkanes of at least 4 members (excludes halogenated alkanes) is 31. The van der Waals surface area contributed by atoms with Crippen molar-refractivity contribution < 1.29 is 42.9 Å². The molecule has 0 radical (unpaired) electrons. The lowest BCUT2D eigenvalue weighted by Gasteiger charge is -2.26. The first-order valence-electron chi connectivity index (χ1n) is 37.3. The molecule has 2 unspecified atom stereocenters. The molecule has 9 nitrogen and oxygen atoms in total. The number of likely N-dealkylation sites (N-methyl/N-ethyl adjacent to an activating group) is 1. The van der Waals surface area contributed by atoms with Crippen LogP contribution < -0.4 is 5.11 Å². The first-order valence-corrected chi connectivity index (χ1v) is 37.3. The van der Waals surface area contributed by atoms with Gasteiger partial charge in [0.15, 0.2) is 12.4 Å². The Morgan fingerprint density at radius 2 is 0.626 bits per heavy atom. The summed E-state index contributed by atoms with van der Waals surface area (Å²) in [6, 6.07) is 0. The van der Waals surface area contributed by atoms with E-state index in [-0.39, 0.29) is 38.6 Å². The van der Waals surface area contributed by atoms with E-state index in [1.54, 1.807) is 0 Å². The third-order valence-corrected chi connectivity index (χ3v) is 15.9. The van der Waals surface area contributed by atoms with Crippen molar-refractivity contribution >= 4 is 17.9 Å². The van der Waals surface area contributed by atoms with Crippen LogP contribution in [0.15, 0.2) is 134 Å². The minimum Gasteiger partial charge on any atom is -0.545 e. The standard InChI is InChI=1S/C82H139NO8/c1-6-8-10-12-14-16-18-20-22-24-26-28-30-32-34-36-38-40-42-44-46-48-50-52-54-56-58-60-62-64-66-68-70-72-79(84)89-76-78(77-90-82(81(86)87)88-75-74-83(3,4)5)91-80(85)73-71-69-67-65-63-61-59-57-55-53-51-49-47-45-43-41-39-37-35-33-31-29-27-25-23-21-19-17-15-13-11-9-7-2/h9,11,15,17-18,20-21,23-24,26-27,29-30,32-33,35,39,41,45,47,51,53,78,82H,6-8,10,12-14,16,19,22,25,28,31,34,36-38,40,42-44,46,48-50,52,54-77H2,1-5H3/b11-9-,17-15-,20-18-,23-21-,26-24-,29-27-,32-30-,35-33-,41-39-,47-45-,53-51-. The SMILES string of the molecule is CC/C=C\C/C=C\C/C=C\C/C=C\C/C=C\C/C=C\C/C=C\C/C=C\CCCCCCCCCCC(=O)OC(COC(=O)CCCCCCCCCCCCCCCCCCCC/C=C\C/C=C\C/C=C\CCCCCCC)COC(OCC[N+](C)(C)C)C(=O)[O-]. The summed E-state index contributed by atoms with van der Waals surface area (Å²) in [4.78, 5) is 37.6. The van der Waals surface area contributed by atoms with Crippen LogP contribution in [0.3, 0.4) is 0 Å². The smallest absolute Gasteiger partial charge is 0.306 e. The van der Waals surface area contributed by atoms with Gasteiger partial charge in [0, 0.05) is 12.8 Å². The average Bonchev–Trinajstić information content (AvgIpc) is 3.46. The summed E-state index contributed by atoms with van der Waals surface area (Å²) in [5.41, 5.74) is 0. The Morgan fingerprint density at radius 1 is 0.341 bits per heavy atom. The molecular weight excluding hydrogens is 1130 g/mol. The van der Waals surface area contributed by atoms with Crippen molar-refractivity contribution in [2.75, 3.05) is 47.5 Å². The third-order valence-electron chi connectivity index (χ3n) is 15.9. The molecule has 0 saturated heterocycles. The van der Waals surface area contributed by atoms with E-state index in [0.29, 0.717) is 17.4 Å². The summed E-state index contributed by atoms with van der Waals surface area (Å²) in [5.74, 6) is -2.29. The van der Waals surface area contributed by atoms with Gasteiger partial charge in [-0.05, 0) is 116 Å². The van der Waals surface area contributed by atoms with Gasteiger partial charge >= 0.3 is 11.9 Å². The first-order chi connectivity index (χ1) is 44.6. The van der Waals surface area contributed by atoms with E-state index in [0.717, 1.165) is 109 Å². The zero-order valence-corrected chi connectivity index (χ0v) is 59.4. The van der Waals surface area contributed by atoms with Gasteiger partial charge in [-0.2, -0.15) is 0 Å². The van der Waals surface area contributed by atoms with Crippen LogP contribution in [-0.4, -0.2) is 82.3 Å². The topological polar surface area (TPSA) is 111 Å². The molecule has 0 aromatic carbocycles. The van der Waals surface area contributed by atoms with E-state index in [2.05, 4.69) is 148 Å². The van der Waals surface area contributed by atoms with Gasteiger partial charge in [0.25, 0.3) is 0 Å². The van der Waals surface area contributed by atoms with Crippen molar-refractivity contribution in [2.45, 2.75) is 322 Å². The maximum absolute atomic E-state index is 13.0. The van der Waals surface area contributed by atoms with Gasteiger partial charge in [-0.15, -0.1) is 0 Å². The van der Waals surface area contributed by atoms with Crippen molar-refractivity contribution in [3.63, 3.8) is 0 Å². The van der Waals surface area contributed by atoms with Gasteiger partial charge in [-0.1, -0.05) is 314 Å². The number of carbonyl (C=O) groups is 3. The molecule has 0 amide bonds.